The molecule has 0 aliphatic heterocycles. The van der Waals surface area contributed by atoms with Gasteiger partial charge >= 0.3 is 0 Å². The van der Waals surface area contributed by atoms with Gasteiger partial charge in [0.05, 0.1) is 0 Å². The summed E-state index contributed by atoms with van der Waals surface area (Å²) in [6.07, 6.45) is 0.422. The Kier molecular flexibility index (Phi) is 9.15. The van der Waals surface area contributed by atoms with Crippen LogP contribution in [0.25, 0.3) is 0 Å². The van der Waals surface area contributed by atoms with Crippen molar-refractivity contribution in [2.24, 2.45) is 5.92 Å². The summed E-state index contributed by atoms with van der Waals surface area (Å²) in [5, 5.41) is 5.14. The quantitative estimate of drug-likeness (QED) is 0.377. The molecule has 0 spiro atoms. The topological polar surface area (TPSA) is 109 Å². The summed E-state index contributed by atoms with van der Waals surface area (Å²) in [5.74, 6) is -0.112. The Bertz CT molecular complexity index is 990. The zero-order valence-corrected chi connectivity index (χ0v) is 19.4. The van der Waals surface area contributed by atoms with Crippen LogP contribution in [0.15, 0.2) is 42.5 Å². The van der Waals surface area contributed by atoms with E-state index in [1.807, 2.05) is 45.9 Å². The predicted octanol–water partition coefficient (Wildman–Crippen LogP) is 3.00. The maximum absolute atomic E-state index is 12.2. The molecule has 32 heavy (non-hydrogen) atoms. The monoisotopic (exact) mass is 456 g/mol. The van der Waals surface area contributed by atoms with Gasteiger partial charge in [-0.1, -0.05) is 26.0 Å². The van der Waals surface area contributed by atoms with Crippen LogP contribution in [0.1, 0.15) is 41.8 Å². The lowest BCUT2D eigenvalue weighted by molar-refractivity contribution is -0.121. The molecule has 2 rings (SSSR count). The van der Waals surface area contributed by atoms with Crippen molar-refractivity contribution in [1.29, 1.82) is 0 Å². The first-order valence-electron chi connectivity index (χ1n) is 10.1. The molecule has 0 saturated heterocycles. The van der Waals surface area contributed by atoms with Crippen molar-refractivity contribution in [3.05, 3.63) is 59.2 Å². The Hall–Kier alpha value is -3.46. The first-order valence-corrected chi connectivity index (χ1v) is 10.5. The molecule has 0 heterocycles. The van der Waals surface area contributed by atoms with E-state index >= 15 is 0 Å². The molecule has 9 heteroatoms. The number of thiocarbonyl (C=S) groups is 1. The molecule has 3 amide bonds. The number of rotatable bonds is 7. The Morgan fingerprint density at radius 3 is 2.31 bits per heavy atom. The van der Waals surface area contributed by atoms with Crippen molar-refractivity contribution in [2.75, 3.05) is 11.9 Å². The maximum atomic E-state index is 12.2. The van der Waals surface area contributed by atoms with Crippen LogP contribution in [-0.4, -0.2) is 29.4 Å². The van der Waals surface area contributed by atoms with Crippen LogP contribution in [0.2, 0.25) is 0 Å². The molecule has 170 valence electrons. The van der Waals surface area contributed by atoms with Gasteiger partial charge in [-0.2, -0.15) is 0 Å². The van der Waals surface area contributed by atoms with E-state index < -0.39 is 11.8 Å². The van der Waals surface area contributed by atoms with E-state index in [4.69, 9.17) is 17.0 Å². The van der Waals surface area contributed by atoms with Crippen molar-refractivity contribution < 1.29 is 19.1 Å². The number of aryl methyl sites for hydroxylation is 2. The van der Waals surface area contributed by atoms with Crippen LogP contribution in [0.4, 0.5) is 5.69 Å². The molecule has 0 aromatic heterocycles. The first-order chi connectivity index (χ1) is 15.1. The number of benzene rings is 2. The van der Waals surface area contributed by atoms with Gasteiger partial charge in [0.1, 0.15) is 5.75 Å². The van der Waals surface area contributed by atoms with Gasteiger partial charge in [-0.05, 0) is 73.4 Å². The zero-order chi connectivity index (χ0) is 23.7. The average Bonchev–Trinajstić information content (AvgIpc) is 2.72. The summed E-state index contributed by atoms with van der Waals surface area (Å²) in [7, 11) is 0. The third-order valence-corrected chi connectivity index (χ3v) is 4.47. The zero-order valence-electron chi connectivity index (χ0n) is 18.6. The van der Waals surface area contributed by atoms with Crippen molar-refractivity contribution in [2.45, 2.75) is 34.1 Å². The standard InChI is InChI=1S/C23H28N4O4S/c1-14(2)11-20(28)24-18-9-7-17(8-10-18)22(30)26-27-23(32)25-21(29)13-31-19-12-15(3)5-6-16(19)4/h5-10,12,14H,11,13H2,1-4H3,(H,24,28)(H,26,30)(H2,25,27,29,32). The Balaban J connectivity index is 1.76. The highest BCUT2D eigenvalue weighted by atomic mass is 32.1. The fraction of sp³-hybridized carbons (Fsp3) is 0.304. The molecular formula is C23H28N4O4S. The summed E-state index contributed by atoms with van der Waals surface area (Å²) in [6, 6.07) is 12.1. The van der Waals surface area contributed by atoms with Crippen molar-refractivity contribution in [1.82, 2.24) is 16.2 Å². The number of nitrogens with one attached hydrogen (secondary N) is 4. The van der Waals surface area contributed by atoms with Gasteiger partial charge in [-0.15, -0.1) is 0 Å². The highest BCUT2D eigenvalue weighted by Crippen LogP contribution is 2.18. The van der Waals surface area contributed by atoms with E-state index in [0.29, 0.717) is 23.4 Å². The van der Waals surface area contributed by atoms with Gasteiger partial charge < -0.3 is 10.1 Å². The molecule has 2 aromatic carbocycles. The van der Waals surface area contributed by atoms with Crippen LogP contribution in [-0.2, 0) is 9.59 Å². The fourth-order valence-corrected chi connectivity index (χ4v) is 2.84. The number of ether oxygens (including phenoxy) is 1. The number of hydrogen-bond acceptors (Lipinski definition) is 5. The lowest BCUT2D eigenvalue weighted by Gasteiger charge is -2.13. The molecule has 0 bridgehead atoms. The van der Waals surface area contributed by atoms with Crippen LogP contribution < -0.4 is 26.2 Å². The van der Waals surface area contributed by atoms with Crippen molar-refractivity contribution in [3.8, 4) is 5.75 Å². The van der Waals surface area contributed by atoms with E-state index in [2.05, 4.69) is 21.5 Å². The lowest BCUT2D eigenvalue weighted by atomic mass is 10.1. The fourth-order valence-electron chi connectivity index (χ4n) is 2.67. The second-order valence-corrected chi connectivity index (χ2v) is 8.15. The molecule has 0 aliphatic carbocycles. The smallest absolute Gasteiger partial charge is 0.269 e. The van der Waals surface area contributed by atoms with E-state index in [0.717, 1.165) is 11.1 Å². The van der Waals surface area contributed by atoms with Crippen molar-refractivity contribution >= 4 is 40.7 Å². The maximum Gasteiger partial charge on any atom is 0.269 e. The molecule has 0 aliphatic rings. The van der Waals surface area contributed by atoms with E-state index in [1.54, 1.807) is 24.3 Å². The number of anilines is 1. The van der Waals surface area contributed by atoms with Gasteiger partial charge in [0.2, 0.25) is 5.91 Å². The molecule has 2 aromatic rings. The SMILES string of the molecule is Cc1ccc(C)c(OCC(=O)NC(=S)NNC(=O)c2ccc(NC(=O)CC(C)C)cc2)c1. The third-order valence-electron chi connectivity index (χ3n) is 4.27. The van der Waals surface area contributed by atoms with Crippen LogP contribution in [0, 0.1) is 19.8 Å². The van der Waals surface area contributed by atoms with Gasteiger partial charge in [-0.3, -0.25) is 30.6 Å². The molecule has 4 N–H and O–H groups in total. The summed E-state index contributed by atoms with van der Waals surface area (Å²) in [4.78, 5) is 36.1. The minimum Gasteiger partial charge on any atom is -0.483 e. The van der Waals surface area contributed by atoms with E-state index in [9.17, 15) is 14.4 Å². The number of amides is 3. The third kappa shape index (κ3) is 8.35. The second kappa shape index (κ2) is 11.8. The molecule has 0 saturated carbocycles. The second-order valence-electron chi connectivity index (χ2n) is 7.74. The number of hydrazine groups is 1. The summed E-state index contributed by atoms with van der Waals surface area (Å²) in [6.45, 7) is 7.53. The van der Waals surface area contributed by atoms with Crippen LogP contribution >= 0.6 is 12.2 Å². The molecule has 0 fully saturated rings. The summed E-state index contributed by atoms with van der Waals surface area (Å²) in [5.41, 5.74) is 7.78. The minimum atomic E-state index is -0.459. The minimum absolute atomic E-state index is 0.0644. The number of carbonyl (C=O) groups is 3. The largest absolute Gasteiger partial charge is 0.483 e. The Morgan fingerprint density at radius 2 is 1.66 bits per heavy atom. The van der Waals surface area contributed by atoms with Gasteiger partial charge in [0, 0.05) is 17.7 Å². The van der Waals surface area contributed by atoms with E-state index in [1.165, 1.54) is 0 Å². The lowest BCUT2D eigenvalue weighted by Crippen LogP contribution is -2.49. The molecule has 0 atom stereocenters. The van der Waals surface area contributed by atoms with Crippen LogP contribution in [0.3, 0.4) is 0 Å². The summed E-state index contributed by atoms with van der Waals surface area (Å²) >= 11 is 5.02. The van der Waals surface area contributed by atoms with E-state index in [-0.39, 0.29) is 23.5 Å². The first kappa shape index (κ1) is 24.8. The highest BCUT2D eigenvalue weighted by Gasteiger charge is 2.10. The normalized spacial score (nSPS) is 10.3. The Labute approximate surface area is 193 Å². The van der Waals surface area contributed by atoms with Gasteiger partial charge in [0.25, 0.3) is 11.8 Å². The number of carbonyl (C=O) groups excluding carboxylic acids is 3. The van der Waals surface area contributed by atoms with Gasteiger partial charge in [-0.25, -0.2) is 0 Å². The average molecular weight is 457 g/mol. The molecule has 0 radical (unpaired) electrons. The van der Waals surface area contributed by atoms with Crippen LogP contribution in [0.5, 0.6) is 5.75 Å². The predicted molar refractivity (Wildman–Crippen MR) is 127 cm³/mol. The summed E-state index contributed by atoms with van der Waals surface area (Å²) < 4.78 is 5.52. The number of hydrogen-bond donors (Lipinski definition) is 4. The Morgan fingerprint density at radius 1 is 0.969 bits per heavy atom. The van der Waals surface area contributed by atoms with Gasteiger partial charge in [0.15, 0.2) is 11.7 Å². The molecule has 0 unspecified atom stereocenters. The van der Waals surface area contributed by atoms with Crippen molar-refractivity contribution in [3.63, 3.8) is 0 Å². The molecule has 8 nitrogen and oxygen atoms in total. The highest BCUT2D eigenvalue weighted by molar-refractivity contribution is 7.80. The molecular weight excluding hydrogens is 428 g/mol.